The van der Waals surface area contributed by atoms with E-state index in [9.17, 15) is 9.90 Å². The molecule has 0 atom stereocenters. The van der Waals surface area contributed by atoms with Crippen LogP contribution in [0.1, 0.15) is 10.4 Å². The van der Waals surface area contributed by atoms with Crippen LogP contribution in [0.2, 0.25) is 5.02 Å². The van der Waals surface area contributed by atoms with Crippen molar-refractivity contribution >= 4 is 50.2 Å². The molecule has 3 aromatic carbocycles. The SMILES string of the molecule is O=C(Nc1ccc(-c2nc3ccccc3o2)c(O)c1)c1cc(Br)ccc1Cl. The van der Waals surface area contributed by atoms with Crippen molar-refractivity contribution in [3.63, 3.8) is 0 Å². The third-order valence-electron chi connectivity index (χ3n) is 3.95. The number of fused-ring (bicyclic) bond motifs is 1. The van der Waals surface area contributed by atoms with E-state index in [1.807, 2.05) is 18.2 Å². The average molecular weight is 444 g/mol. The first kappa shape index (κ1) is 17.6. The predicted molar refractivity (Wildman–Crippen MR) is 108 cm³/mol. The number of phenolic OH excluding ortho intramolecular Hbond substituents is 1. The van der Waals surface area contributed by atoms with Gasteiger partial charge < -0.3 is 14.8 Å². The maximum atomic E-state index is 12.4. The molecule has 1 heterocycles. The number of para-hydroxylation sites is 2. The Morgan fingerprint density at radius 1 is 1.11 bits per heavy atom. The van der Waals surface area contributed by atoms with E-state index in [2.05, 4.69) is 26.2 Å². The summed E-state index contributed by atoms with van der Waals surface area (Å²) in [7, 11) is 0. The van der Waals surface area contributed by atoms with Crippen LogP contribution in [0.25, 0.3) is 22.6 Å². The fourth-order valence-corrected chi connectivity index (χ4v) is 3.21. The number of amides is 1. The van der Waals surface area contributed by atoms with E-state index in [0.29, 0.717) is 38.8 Å². The summed E-state index contributed by atoms with van der Waals surface area (Å²) in [6.07, 6.45) is 0. The van der Waals surface area contributed by atoms with Gasteiger partial charge in [-0.2, -0.15) is 0 Å². The molecule has 0 aliphatic heterocycles. The highest BCUT2D eigenvalue weighted by molar-refractivity contribution is 9.10. The molecule has 27 heavy (non-hydrogen) atoms. The second-order valence-corrected chi connectivity index (χ2v) is 7.12. The number of hydrogen-bond donors (Lipinski definition) is 2. The van der Waals surface area contributed by atoms with Crippen LogP contribution in [-0.2, 0) is 0 Å². The second-order valence-electron chi connectivity index (χ2n) is 5.80. The van der Waals surface area contributed by atoms with Gasteiger partial charge in [0.25, 0.3) is 5.91 Å². The molecule has 1 aromatic heterocycles. The molecule has 0 fully saturated rings. The molecule has 0 radical (unpaired) electrons. The van der Waals surface area contributed by atoms with Crippen molar-refractivity contribution in [2.75, 3.05) is 5.32 Å². The Balaban J connectivity index is 1.61. The number of carbonyl (C=O) groups is 1. The Kier molecular flexibility index (Phi) is 4.59. The Labute approximate surface area is 167 Å². The van der Waals surface area contributed by atoms with Crippen molar-refractivity contribution < 1.29 is 14.3 Å². The number of aromatic hydroxyl groups is 1. The lowest BCUT2D eigenvalue weighted by Gasteiger charge is -2.09. The van der Waals surface area contributed by atoms with Gasteiger partial charge in [-0.1, -0.05) is 39.7 Å². The fourth-order valence-electron chi connectivity index (χ4n) is 2.65. The smallest absolute Gasteiger partial charge is 0.257 e. The fraction of sp³-hybridized carbons (Fsp3) is 0. The molecule has 5 nitrogen and oxygen atoms in total. The van der Waals surface area contributed by atoms with Crippen LogP contribution in [0.3, 0.4) is 0 Å². The minimum atomic E-state index is -0.379. The first-order valence-electron chi connectivity index (χ1n) is 7.96. The number of carbonyl (C=O) groups excluding carboxylic acids is 1. The zero-order chi connectivity index (χ0) is 19.0. The molecule has 2 N–H and O–H groups in total. The minimum Gasteiger partial charge on any atom is -0.507 e. The van der Waals surface area contributed by atoms with Crippen molar-refractivity contribution in [2.24, 2.45) is 0 Å². The summed E-state index contributed by atoms with van der Waals surface area (Å²) in [4.78, 5) is 16.8. The van der Waals surface area contributed by atoms with Gasteiger partial charge in [-0.15, -0.1) is 0 Å². The molecule has 7 heteroatoms. The number of oxazole rings is 1. The zero-order valence-electron chi connectivity index (χ0n) is 13.7. The molecule has 4 rings (SSSR count). The Morgan fingerprint density at radius 3 is 2.70 bits per heavy atom. The summed E-state index contributed by atoms with van der Waals surface area (Å²) >= 11 is 9.40. The van der Waals surface area contributed by atoms with E-state index in [4.69, 9.17) is 16.0 Å². The number of benzene rings is 3. The van der Waals surface area contributed by atoms with Crippen molar-refractivity contribution in [3.05, 3.63) is 75.7 Å². The van der Waals surface area contributed by atoms with Crippen LogP contribution >= 0.6 is 27.5 Å². The molecule has 134 valence electrons. The number of phenols is 1. The lowest BCUT2D eigenvalue weighted by atomic mass is 10.1. The van der Waals surface area contributed by atoms with E-state index in [-0.39, 0.29) is 11.7 Å². The van der Waals surface area contributed by atoms with Crippen LogP contribution in [0.15, 0.2) is 69.6 Å². The monoisotopic (exact) mass is 442 g/mol. The second kappa shape index (κ2) is 7.06. The number of hydrogen-bond acceptors (Lipinski definition) is 4. The minimum absolute atomic E-state index is 0.0558. The highest BCUT2D eigenvalue weighted by atomic mass is 79.9. The van der Waals surface area contributed by atoms with Crippen molar-refractivity contribution in [1.82, 2.24) is 4.98 Å². The molecule has 0 saturated carbocycles. The predicted octanol–water partition coefficient (Wildman–Crippen LogP) is 5.87. The summed E-state index contributed by atoms with van der Waals surface area (Å²) in [5.74, 6) is -0.128. The van der Waals surface area contributed by atoms with Crippen LogP contribution < -0.4 is 5.32 Å². The summed E-state index contributed by atoms with van der Waals surface area (Å²) in [6, 6.07) is 17.1. The maximum Gasteiger partial charge on any atom is 0.257 e. The van der Waals surface area contributed by atoms with Gasteiger partial charge >= 0.3 is 0 Å². The van der Waals surface area contributed by atoms with Gasteiger partial charge in [0.05, 0.1) is 16.1 Å². The highest BCUT2D eigenvalue weighted by Crippen LogP contribution is 2.33. The normalized spacial score (nSPS) is 10.9. The number of nitrogens with zero attached hydrogens (tertiary/aromatic N) is 1. The lowest BCUT2D eigenvalue weighted by molar-refractivity contribution is 0.102. The summed E-state index contributed by atoms with van der Waals surface area (Å²) < 4.78 is 6.41. The van der Waals surface area contributed by atoms with Gasteiger partial charge in [-0.3, -0.25) is 4.79 Å². The van der Waals surface area contributed by atoms with Gasteiger partial charge in [0.2, 0.25) is 5.89 Å². The number of nitrogens with one attached hydrogen (secondary N) is 1. The summed E-state index contributed by atoms with van der Waals surface area (Å²) in [5.41, 5.74) is 2.52. The molecular formula is C20H12BrClN2O3. The molecule has 0 aliphatic carbocycles. The maximum absolute atomic E-state index is 12.4. The first-order chi connectivity index (χ1) is 13.0. The molecule has 4 aromatic rings. The number of halogens is 2. The lowest BCUT2D eigenvalue weighted by Crippen LogP contribution is -2.12. The standard InChI is InChI=1S/C20H12BrClN2O3/c21-11-5-8-15(22)14(9-11)19(26)23-12-6-7-13(17(25)10-12)20-24-16-3-1-2-4-18(16)27-20/h1-10,25H,(H,23,26). The molecule has 0 aliphatic rings. The van der Waals surface area contributed by atoms with E-state index < -0.39 is 0 Å². The van der Waals surface area contributed by atoms with Gasteiger partial charge in [-0.05, 0) is 42.5 Å². The third-order valence-corrected chi connectivity index (χ3v) is 4.78. The van der Waals surface area contributed by atoms with Crippen molar-refractivity contribution in [2.45, 2.75) is 0 Å². The molecule has 0 unspecified atom stereocenters. The molecule has 0 spiro atoms. The highest BCUT2D eigenvalue weighted by Gasteiger charge is 2.15. The van der Waals surface area contributed by atoms with Crippen LogP contribution in [0, 0.1) is 0 Å². The number of rotatable bonds is 3. The van der Waals surface area contributed by atoms with Crippen LogP contribution in [0.4, 0.5) is 5.69 Å². The largest absolute Gasteiger partial charge is 0.507 e. The summed E-state index contributed by atoms with van der Waals surface area (Å²) in [6.45, 7) is 0. The number of anilines is 1. The Bertz CT molecular complexity index is 1140. The van der Waals surface area contributed by atoms with E-state index >= 15 is 0 Å². The van der Waals surface area contributed by atoms with Gasteiger partial charge in [0.15, 0.2) is 5.58 Å². The zero-order valence-corrected chi connectivity index (χ0v) is 16.1. The quantitative estimate of drug-likeness (QED) is 0.415. The van der Waals surface area contributed by atoms with Crippen LogP contribution in [-0.4, -0.2) is 16.0 Å². The number of aromatic nitrogens is 1. The Morgan fingerprint density at radius 2 is 1.93 bits per heavy atom. The third kappa shape index (κ3) is 3.54. The van der Waals surface area contributed by atoms with Gasteiger partial charge in [0.1, 0.15) is 11.3 Å². The van der Waals surface area contributed by atoms with E-state index in [1.165, 1.54) is 6.07 Å². The molecule has 1 amide bonds. The van der Waals surface area contributed by atoms with Crippen molar-refractivity contribution in [3.8, 4) is 17.2 Å². The molecule has 0 saturated heterocycles. The Hall–Kier alpha value is -2.83. The van der Waals surface area contributed by atoms with Gasteiger partial charge in [0, 0.05) is 16.2 Å². The molecular weight excluding hydrogens is 432 g/mol. The molecule has 0 bridgehead atoms. The summed E-state index contributed by atoms with van der Waals surface area (Å²) in [5, 5.41) is 13.4. The van der Waals surface area contributed by atoms with Crippen LogP contribution in [0.5, 0.6) is 5.75 Å². The average Bonchev–Trinajstić information content (AvgIpc) is 3.07. The first-order valence-corrected chi connectivity index (χ1v) is 9.14. The topological polar surface area (TPSA) is 75.4 Å². The van der Waals surface area contributed by atoms with Gasteiger partial charge in [-0.25, -0.2) is 4.98 Å². The van der Waals surface area contributed by atoms with E-state index in [1.54, 1.807) is 36.4 Å². The van der Waals surface area contributed by atoms with E-state index in [0.717, 1.165) is 4.47 Å². The van der Waals surface area contributed by atoms with Crippen molar-refractivity contribution in [1.29, 1.82) is 0 Å².